The van der Waals surface area contributed by atoms with Crippen LogP contribution in [0.1, 0.15) is 55.9 Å². The van der Waals surface area contributed by atoms with E-state index in [9.17, 15) is 4.79 Å². The lowest BCUT2D eigenvalue weighted by Crippen LogP contribution is -1.98. The fourth-order valence-electron chi connectivity index (χ4n) is 1.53. The molecule has 1 aromatic rings. The van der Waals surface area contributed by atoms with Crippen LogP contribution in [0.3, 0.4) is 0 Å². The molecule has 0 aliphatic heterocycles. The number of aryl methyl sites for hydroxylation is 1. The summed E-state index contributed by atoms with van der Waals surface area (Å²) in [4.78, 5) is 10.4. The summed E-state index contributed by atoms with van der Waals surface area (Å²) >= 11 is 0. The summed E-state index contributed by atoms with van der Waals surface area (Å²) < 4.78 is 1.74. The van der Waals surface area contributed by atoms with Gasteiger partial charge in [0.25, 0.3) is 0 Å². The number of carbonyl (C=O) groups is 1. The first kappa shape index (κ1) is 11.9. The number of unbranched alkanes of at least 4 members (excludes halogenated alkanes) is 5. The van der Waals surface area contributed by atoms with Crippen LogP contribution in [0.2, 0.25) is 0 Å². The Labute approximate surface area is 90.7 Å². The van der Waals surface area contributed by atoms with E-state index < -0.39 is 0 Å². The molecule has 1 aromatic heterocycles. The summed E-state index contributed by atoms with van der Waals surface area (Å²) in [6.07, 6.45) is 10.0. The summed E-state index contributed by atoms with van der Waals surface area (Å²) in [5.41, 5.74) is 0.418. The standard InChI is InChI=1S/C11H19N3O/c1-2-3-4-5-6-7-8-14-9-11(10-15)12-13-14/h9-10H,2-8H2,1H3. The molecule has 0 saturated carbocycles. The Morgan fingerprint density at radius 2 is 2.00 bits per heavy atom. The number of rotatable bonds is 8. The van der Waals surface area contributed by atoms with Crippen molar-refractivity contribution in [2.75, 3.05) is 0 Å². The lowest BCUT2D eigenvalue weighted by molar-refractivity contribution is 0.111. The molecule has 0 radical (unpaired) electrons. The van der Waals surface area contributed by atoms with E-state index in [2.05, 4.69) is 17.2 Å². The fourth-order valence-corrected chi connectivity index (χ4v) is 1.53. The molecule has 84 valence electrons. The van der Waals surface area contributed by atoms with E-state index in [1.165, 1.54) is 32.1 Å². The number of nitrogens with zero attached hydrogens (tertiary/aromatic N) is 3. The van der Waals surface area contributed by atoms with Gasteiger partial charge in [-0.3, -0.25) is 9.48 Å². The quantitative estimate of drug-likeness (QED) is 0.488. The summed E-state index contributed by atoms with van der Waals surface area (Å²) in [5, 5.41) is 7.56. The molecular weight excluding hydrogens is 190 g/mol. The highest BCUT2D eigenvalue weighted by molar-refractivity contribution is 5.70. The van der Waals surface area contributed by atoms with Crippen molar-refractivity contribution >= 4 is 6.29 Å². The smallest absolute Gasteiger partial charge is 0.171 e. The van der Waals surface area contributed by atoms with Crippen LogP contribution >= 0.6 is 0 Å². The highest BCUT2D eigenvalue weighted by Gasteiger charge is 1.97. The normalized spacial score (nSPS) is 10.5. The van der Waals surface area contributed by atoms with Crippen molar-refractivity contribution in [3.63, 3.8) is 0 Å². The third-order valence-corrected chi connectivity index (χ3v) is 2.42. The van der Waals surface area contributed by atoms with Crippen molar-refractivity contribution in [3.05, 3.63) is 11.9 Å². The zero-order chi connectivity index (χ0) is 10.9. The molecule has 4 heteroatoms. The minimum atomic E-state index is 0.418. The average molecular weight is 209 g/mol. The third-order valence-electron chi connectivity index (χ3n) is 2.42. The highest BCUT2D eigenvalue weighted by atomic mass is 16.1. The van der Waals surface area contributed by atoms with Crippen molar-refractivity contribution in [2.45, 2.75) is 52.0 Å². The van der Waals surface area contributed by atoms with Crippen LogP contribution < -0.4 is 0 Å². The van der Waals surface area contributed by atoms with Crippen molar-refractivity contribution in [1.29, 1.82) is 0 Å². The molecule has 0 aromatic carbocycles. The zero-order valence-electron chi connectivity index (χ0n) is 9.35. The van der Waals surface area contributed by atoms with Gasteiger partial charge in [-0.15, -0.1) is 5.10 Å². The van der Waals surface area contributed by atoms with Crippen LogP contribution in [0.4, 0.5) is 0 Å². The second-order valence-corrected chi connectivity index (χ2v) is 3.79. The van der Waals surface area contributed by atoms with Gasteiger partial charge in [0, 0.05) is 6.54 Å². The highest BCUT2D eigenvalue weighted by Crippen LogP contribution is 2.05. The number of aromatic nitrogens is 3. The molecule has 0 atom stereocenters. The first-order valence-corrected chi connectivity index (χ1v) is 5.72. The summed E-state index contributed by atoms with van der Waals surface area (Å²) in [6.45, 7) is 3.09. The maximum atomic E-state index is 10.4. The largest absolute Gasteiger partial charge is 0.296 e. The first-order valence-electron chi connectivity index (χ1n) is 5.72. The van der Waals surface area contributed by atoms with Gasteiger partial charge >= 0.3 is 0 Å². The van der Waals surface area contributed by atoms with E-state index in [0.717, 1.165) is 19.3 Å². The van der Waals surface area contributed by atoms with E-state index in [1.807, 2.05) is 0 Å². The minimum absolute atomic E-state index is 0.418. The van der Waals surface area contributed by atoms with Crippen molar-refractivity contribution < 1.29 is 4.79 Å². The van der Waals surface area contributed by atoms with Gasteiger partial charge in [-0.2, -0.15) is 0 Å². The summed E-state index contributed by atoms with van der Waals surface area (Å²) in [5.74, 6) is 0. The average Bonchev–Trinajstić information content (AvgIpc) is 2.71. The Bertz CT molecular complexity index is 283. The van der Waals surface area contributed by atoms with Crippen molar-refractivity contribution in [1.82, 2.24) is 15.0 Å². The molecule has 1 rings (SSSR count). The molecule has 0 fully saturated rings. The van der Waals surface area contributed by atoms with Crippen LogP contribution in [-0.2, 0) is 6.54 Å². The molecule has 0 N–H and O–H groups in total. The van der Waals surface area contributed by atoms with Crippen molar-refractivity contribution in [2.24, 2.45) is 0 Å². The van der Waals surface area contributed by atoms with E-state index in [0.29, 0.717) is 5.69 Å². The van der Waals surface area contributed by atoms with Crippen LogP contribution in [0.25, 0.3) is 0 Å². The number of carbonyl (C=O) groups excluding carboxylic acids is 1. The Balaban J connectivity index is 2.07. The third kappa shape index (κ3) is 4.72. The second kappa shape index (κ2) is 7.15. The Morgan fingerprint density at radius 3 is 2.67 bits per heavy atom. The summed E-state index contributed by atoms with van der Waals surface area (Å²) in [7, 11) is 0. The minimum Gasteiger partial charge on any atom is -0.296 e. The van der Waals surface area contributed by atoms with Crippen LogP contribution in [-0.4, -0.2) is 21.3 Å². The van der Waals surface area contributed by atoms with Gasteiger partial charge in [0.2, 0.25) is 0 Å². The van der Waals surface area contributed by atoms with E-state index in [-0.39, 0.29) is 0 Å². The number of hydrogen-bond donors (Lipinski definition) is 0. The Hall–Kier alpha value is -1.19. The van der Waals surface area contributed by atoms with Gasteiger partial charge in [0.1, 0.15) is 5.69 Å². The Kier molecular flexibility index (Phi) is 5.66. The maximum Gasteiger partial charge on any atom is 0.171 e. The molecule has 0 amide bonds. The predicted molar refractivity (Wildman–Crippen MR) is 58.8 cm³/mol. The molecule has 0 spiro atoms. The maximum absolute atomic E-state index is 10.4. The topological polar surface area (TPSA) is 47.8 Å². The van der Waals surface area contributed by atoms with Gasteiger partial charge in [0.15, 0.2) is 6.29 Å². The summed E-state index contributed by atoms with van der Waals surface area (Å²) in [6, 6.07) is 0. The Morgan fingerprint density at radius 1 is 1.27 bits per heavy atom. The van der Waals surface area contributed by atoms with Gasteiger partial charge in [-0.1, -0.05) is 44.2 Å². The molecule has 1 heterocycles. The van der Waals surface area contributed by atoms with Crippen LogP contribution in [0.5, 0.6) is 0 Å². The lowest BCUT2D eigenvalue weighted by atomic mass is 10.1. The molecule has 0 unspecified atom stereocenters. The van der Waals surface area contributed by atoms with E-state index >= 15 is 0 Å². The molecule has 4 nitrogen and oxygen atoms in total. The first-order chi connectivity index (χ1) is 7.36. The van der Waals surface area contributed by atoms with E-state index in [4.69, 9.17) is 0 Å². The van der Waals surface area contributed by atoms with Gasteiger partial charge in [-0.05, 0) is 6.42 Å². The molecular formula is C11H19N3O. The lowest BCUT2D eigenvalue weighted by Gasteiger charge is -2.00. The van der Waals surface area contributed by atoms with Crippen molar-refractivity contribution in [3.8, 4) is 0 Å². The molecule has 0 aliphatic rings. The number of aldehydes is 1. The fraction of sp³-hybridized carbons (Fsp3) is 0.727. The SMILES string of the molecule is CCCCCCCCn1cc(C=O)nn1. The second-order valence-electron chi connectivity index (χ2n) is 3.79. The van der Waals surface area contributed by atoms with Gasteiger partial charge in [-0.25, -0.2) is 0 Å². The predicted octanol–water partition coefficient (Wildman–Crippen LogP) is 2.45. The number of hydrogen-bond acceptors (Lipinski definition) is 3. The zero-order valence-corrected chi connectivity index (χ0v) is 9.35. The molecule has 0 saturated heterocycles. The molecule has 0 bridgehead atoms. The van der Waals surface area contributed by atoms with E-state index in [1.54, 1.807) is 10.9 Å². The monoisotopic (exact) mass is 209 g/mol. The van der Waals surface area contributed by atoms with Gasteiger partial charge in [0.05, 0.1) is 6.20 Å². The van der Waals surface area contributed by atoms with Crippen LogP contribution in [0.15, 0.2) is 6.20 Å². The molecule has 0 aliphatic carbocycles. The van der Waals surface area contributed by atoms with Gasteiger partial charge < -0.3 is 0 Å². The molecule has 15 heavy (non-hydrogen) atoms. The van der Waals surface area contributed by atoms with Crippen LogP contribution in [0, 0.1) is 0 Å².